The number of methoxy groups -OCH3 is 1. The number of nitrogens with zero attached hydrogens (tertiary/aromatic N) is 4. The Hall–Kier alpha value is -2.81. The van der Waals surface area contributed by atoms with Gasteiger partial charge in [0.15, 0.2) is 0 Å². The minimum atomic E-state index is -0.729. The van der Waals surface area contributed by atoms with Crippen LogP contribution in [0.1, 0.15) is 65.0 Å². The molecule has 220 valence electrons. The van der Waals surface area contributed by atoms with Crippen LogP contribution in [0.25, 0.3) is 10.4 Å². The average Bonchev–Trinajstić information content (AvgIpc) is 2.87. The predicted octanol–water partition coefficient (Wildman–Crippen LogP) is 5.16. The zero-order valence-corrected chi connectivity index (χ0v) is 24.9. The number of azide groups is 1. The smallest absolute Gasteiger partial charge is 0.302 e. The summed E-state index contributed by atoms with van der Waals surface area (Å²) in [6.07, 6.45) is 1.43. The van der Waals surface area contributed by atoms with Crippen molar-refractivity contribution < 1.29 is 28.9 Å². The molecule has 39 heavy (non-hydrogen) atoms. The summed E-state index contributed by atoms with van der Waals surface area (Å²) in [6, 6.07) is 5.15. The molecule has 1 rings (SSSR count). The summed E-state index contributed by atoms with van der Waals surface area (Å²) in [7, 11) is 5.05. The fourth-order valence-electron chi connectivity index (χ4n) is 4.66. The molecule has 0 saturated heterocycles. The number of benzene rings is 1. The van der Waals surface area contributed by atoms with Gasteiger partial charge in [-0.3, -0.25) is 9.59 Å². The molecule has 0 aliphatic heterocycles. The Morgan fingerprint density at radius 3 is 2.31 bits per heavy atom. The number of aliphatic hydroxyl groups is 1. The molecular weight excluding hydrogens is 500 g/mol. The summed E-state index contributed by atoms with van der Waals surface area (Å²) < 4.78 is 16.7. The maximum atomic E-state index is 12.9. The van der Waals surface area contributed by atoms with Gasteiger partial charge in [0.25, 0.3) is 0 Å². The molecule has 0 aliphatic rings. The van der Waals surface area contributed by atoms with Gasteiger partial charge in [0.1, 0.15) is 11.9 Å². The molecule has 0 bridgehead atoms. The minimum Gasteiger partial charge on any atom is -0.493 e. The van der Waals surface area contributed by atoms with E-state index in [1.165, 1.54) is 6.92 Å². The van der Waals surface area contributed by atoms with E-state index >= 15 is 0 Å². The van der Waals surface area contributed by atoms with Crippen molar-refractivity contribution in [3.63, 3.8) is 0 Å². The highest BCUT2D eigenvalue weighted by molar-refractivity contribution is 5.78. The third-order valence-electron chi connectivity index (χ3n) is 7.03. The zero-order chi connectivity index (χ0) is 29.5. The maximum Gasteiger partial charge on any atom is 0.302 e. The second-order valence-electron chi connectivity index (χ2n) is 11.0. The van der Waals surface area contributed by atoms with Crippen LogP contribution in [0.2, 0.25) is 0 Å². The van der Waals surface area contributed by atoms with Crippen LogP contribution in [-0.2, 0) is 32.1 Å². The van der Waals surface area contributed by atoms with Crippen LogP contribution in [0.15, 0.2) is 23.3 Å². The van der Waals surface area contributed by atoms with Crippen molar-refractivity contribution in [2.24, 2.45) is 28.8 Å². The molecule has 10 nitrogen and oxygen atoms in total. The lowest BCUT2D eigenvalue weighted by atomic mass is 9.80. The molecule has 1 aromatic rings. The van der Waals surface area contributed by atoms with Crippen molar-refractivity contribution in [2.75, 3.05) is 34.4 Å². The van der Waals surface area contributed by atoms with Crippen molar-refractivity contribution in [3.05, 3.63) is 39.8 Å². The first kappa shape index (κ1) is 34.2. The Morgan fingerprint density at radius 2 is 1.79 bits per heavy atom. The Balaban J connectivity index is 3.24. The molecule has 10 heteroatoms. The quantitative estimate of drug-likeness (QED) is 0.0885. The van der Waals surface area contributed by atoms with Gasteiger partial charge in [-0.2, -0.15) is 0 Å². The highest BCUT2D eigenvalue weighted by Crippen LogP contribution is 2.31. The first-order valence-electron chi connectivity index (χ1n) is 13.7. The molecule has 0 aliphatic carbocycles. The number of carbonyl (C=O) groups is 2. The number of amides is 1. The van der Waals surface area contributed by atoms with Crippen molar-refractivity contribution in [1.29, 1.82) is 0 Å². The molecular formula is C29H48N4O6. The van der Waals surface area contributed by atoms with Gasteiger partial charge in [-0.1, -0.05) is 44.9 Å². The Kier molecular flexibility index (Phi) is 15.5. The number of hydrogen-bond donors (Lipinski definition) is 1. The molecule has 0 fully saturated rings. The van der Waals surface area contributed by atoms with E-state index in [9.17, 15) is 20.2 Å². The van der Waals surface area contributed by atoms with Gasteiger partial charge in [0.2, 0.25) is 5.91 Å². The summed E-state index contributed by atoms with van der Waals surface area (Å²) in [4.78, 5) is 29.6. The average molecular weight is 549 g/mol. The molecule has 0 heterocycles. The van der Waals surface area contributed by atoms with Crippen molar-refractivity contribution in [3.8, 4) is 5.75 Å². The third kappa shape index (κ3) is 11.9. The topological polar surface area (TPSA) is 134 Å². The SMILES string of the molecule is COCCCOc1cc(C[C@@H](C[C@H](N=[N+]=[N-])[C@H](C[C@H](C(=O)N(C)C)C(C)C)OC(C)=O)C(C)C)ccc1CO. The lowest BCUT2D eigenvalue weighted by molar-refractivity contribution is -0.151. The highest BCUT2D eigenvalue weighted by Gasteiger charge is 2.34. The summed E-state index contributed by atoms with van der Waals surface area (Å²) in [5, 5.41) is 13.8. The van der Waals surface area contributed by atoms with E-state index in [1.54, 1.807) is 26.1 Å². The van der Waals surface area contributed by atoms with E-state index in [4.69, 9.17) is 14.2 Å². The van der Waals surface area contributed by atoms with Gasteiger partial charge >= 0.3 is 5.97 Å². The molecule has 0 unspecified atom stereocenters. The van der Waals surface area contributed by atoms with Crippen molar-refractivity contribution in [2.45, 2.75) is 79.1 Å². The van der Waals surface area contributed by atoms with Gasteiger partial charge in [-0.05, 0) is 54.2 Å². The number of hydrogen-bond acceptors (Lipinski definition) is 7. The van der Waals surface area contributed by atoms with Crippen LogP contribution < -0.4 is 4.74 Å². The first-order chi connectivity index (χ1) is 18.4. The number of ether oxygens (including phenoxy) is 3. The molecule has 4 atom stereocenters. The first-order valence-corrected chi connectivity index (χ1v) is 13.7. The largest absolute Gasteiger partial charge is 0.493 e. The van der Waals surface area contributed by atoms with Gasteiger partial charge in [0.05, 0.1) is 19.3 Å². The molecule has 0 aromatic heterocycles. The molecule has 0 radical (unpaired) electrons. The second-order valence-corrected chi connectivity index (χ2v) is 11.0. The fraction of sp³-hybridized carbons (Fsp3) is 0.724. The summed E-state index contributed by atoms with van der Waals surface area (Å²) in [5.41, 5.74) is 11.1. The Labute approximate surface area is 233 Å². The van der Waals surface area contributed by atoms with Gasteiger partial charge in [-0.25, -0.2) is 0 Å². The van der Waals surface area contributed by atoms with Crippen molar-refractivity contribution in [1.82, 2.24) is 4.90 Å². The molecule has 1 aromatic carbocycles. The Morgan fingerprint density at radius 1 is 1.10 bits per heavy atom. The maximum absolute atomic E-state index is 12.9. The number of carbonyl (C=O) groups excluding carboxylic acids is 2. The van der Waals surface area contributed by atoms with Crippen LogP contribution in [0.5, 0.6) is 5.75 Å². The summed E-state index contributed by atoms with van der Waals surface area (Å²) in [5.74, 6) is 0.0484. The molecule has 0 saturated carbocycles. The summed E-state index contributed by atoms with van der Waals surface area (Å²) >= 11 is 0. The van der Waals surface area contributed by atoms with E-state index in [0.717, 1.165) is 12.0 Å². The van der Waals surface area contributed by atoms with E-state index in [1.807, 2.05) is 32.0 Å². The van der Waals surface area contributed by atoms with Crippen LogP contribution in [0, 0.1) is 23.7 Å². The second kappa shape index (κ2) is 17.7. The van der Waals surface area contributed by atoms with E-state index < -0.39 is 18.1 Å². The lowest BCUT2D eigenvalue weighted by Gasteiger charge is -2.32. The van der Waals surface area contributed by atoms with Gasteiger partial charge in [-0.15, -0.1) is 0 Å². The van der Waals surface area contributed by atoms with Crippen LogP contribution in [0.4, 0.5) is 0 Å². The highest BCUT2D eigenvalue weighted by atomic mass is 16.5. The lowest BCUT2D eigenvalue weighted by Crippen LogP contribution is -2.40. The predicted molar refractivity (Wildman–Crippen MR) is 151 cm³/mol. The van der Waals surface area contributed by atoms with Gasteiger partial charge in [0, 0.05) is 57.5 Å². The fourth-order valence-corrected chi connectivity index (χ4v) is 4.66. The molecule has 1 N–H and O–H groups in total. The standard InChI is InChI=1S/C29H48N4O6/c1-19(2)24(14-22-10-11-23(18-34)27(15-22)38-13-9-12-37-8)16-26(31-32-30)28(39-21(5)35)17-25(20(3)4)29(36)33(6)7/h10-11,15,19-20,24-26,28,34H,9,12-14,16-18H2,1-8H3/t24-,25-,26-,28-/m0/s1. The van der Waals surface area contributed by atoms with E-state index in [0.29, 0.717) is 37.4 Å². The number of rotatable bonds is 18. The number of aliphatic hydroxyl groups excluding tert-OH is 1. The molecule has 1 amide bonds. The number of esters is 1. The van der Waals surface area contributed by atoms with Crippen molar-refractivity contribution >= 4 is 11.9 Å². The third-order valence-corrected chi connectivity index (χ3v) is 7.03. The van der Waals surface area contributed by atoms with E-state index in [-0.39, 0.29) is 42.6 Å². The van der Waals surface area contributed by atoms with Crippen LogP contribution >= 0.6 is 0 Å². The molecule has 0 spiro atoms. The van der Waals surface area contributed by atoms with E-state index in [2.05, 4.69) is 23.9 Å². The zero-order valence-electron chi connectivity index (χ0n) is 24.9. The Bertz CT molecular complexity index is 946. The van der Waals surface area contributed by atoms with Gasteiger partial charge < -0.3 is 24.2 Å². The monoisotopic (exact) mass is 548 g/mol. The summed E-state index contributed by atoms with van der Waals surface area (Å²) in [6.45, 7) is 10.4. The minimum absolute atomic E-state index is 0.0120. The van der Waals surface area contributed by atoms with Crippen LogP contribution in [-0.4, -0.2) is 68.4 Å². The van der Waals surface area contributed by atoms with Crippen LogP contribution in [0.3, 0.4) is 0 Å². The normalized spacial score (nSPS) is 14.3.